The summed E-state index contributed by atoms with van der Waals surface area (Å²) in [6, 6.07) is 4.83. The summed E-state index contributed by atoms with van der Waals surface area (Å²) in [5.41, 5.74) is 12.8. The van der Waals surface area contributed by atoms with Crippen molar-refractivity contribution in [2.24, 2.45) is 15.9 Å². The highest BCUT2D eigenvalue weighted by Crippen LogP contribution is 2.33. The largest absolute Gasteiger partial charge is 0.490 e. The van der Waals surface area contributed by atoms with Gasteiger partial charge in [0.2, 0.25) is 0 Å². The summed E-state index contributed by atoms with van der Waals surface area (Å²) < 4.78 is 41.2. The Kier molecular flexibility index (Phi) is 9.44. The van der Waals surface area contributed by atoms with Crippen LogP contribution >= 0.6 is 11.3 Å². The Labute approximate surface area is 263 Å². The fourth-order valence-corrected chi connectivity index (χ4v) is 6.16. The van der Waals surface area contributed by atoms with Gasteiger partial charge in [-0.25, -0.2) is 9.98 Å². The number of ether oxygens (including phenoxy) is 1. The number of nitrogens with one attached hydrogen (secondary N) is 2. The van der Waals surface area contributed by atoms with Gasteiger partial charge >= 0.3 is 10.4 Å². The standard InChI is InChI=1S/C26H35N9O8S2/c1-26(2)21(23(37)35(26)43-45(38,39)40)32-22(36)20(19-14-44-25(28)31-19)33-42-10-9-41-18-4-3-15-12-34(13-16(15)11-18)24(27)30-17-5-7-29-8-6-17/h3-4,11,14,17,21,29H,5-10,12-13H2,1-2H3,(H2,27,30)(H2,28,31)(H,32,36)(H,38,39,40)/b33-20-. The number of carbonyl (C=O) groups is 2. The summed E-state index contributed by atoms with van der Waals surface area (Å²) >= 11 is 1.07. The van der Waals surface area contributed by atoms with Crippen molar-refractivity contribution in [3.8, 4) is 5.75 Å². The molecule has 2 amide bonds. The van der Waals surface area contributed by atoms with E-state index in [2.05, 4.69) is 25.1 Å². The SMILES string of the molecule is CC1(C)C(NC(=O)/C(=N\OCCOc2ccc3c(c2)CN(C(N)=NC2CCNCC2)C3)c2csc(N)n2)C(=O)N1OS(=O)(=O)O. The minimum atomic E-state index is -4.95. The molecule has 2 aromatic rings. The van der Waals surface area contributed by atoms with Gasteiger partial charge in [-0.2, -0.15) is 13.5 Å². The van der Waals surface area contributed by atoms with E-state index < -0.39 is 33.8 Å². The molecular formula is C26H35N9O8S2. The number of nitrogens with zero attached hydrogens (tertiary/aromatic N) is 5. The lowest BCUT2D eigenvalue weighted by Crippen LogP contribution is -2.76. The first kappa shape index (κ1) is 32.4. The van der Waals surface area contributed by atoms with Crippen LogP contribution in [0, 0.1) is 0 Å². The molecule has 17 nitrogen and oxygen atoms in total. The molecule has 0 radical (unpaired) electrons. The Hall–Kier alpha value is -4.04. The van der Waals surface area contributed by atoms with Gasteiger partial charge in [0.1, 0.15) is 24.1 Å². The monoisotopic (exact) mass is 665 g/mol. The molecule has 2 fully saturated rings. The van der Waals surface area contributed by atoms with Gasteiger partial charge in [0.15, 0.2) is 23.4 Å². The van der Waals surface area contributed by atoms with Crippen LogP contribution < -0.4 is 26.8 Å². The van der Waals surface area contributed by atoms with E-state index in [0.29, 0.717) is 29.9 Å². The maximum absolute atomic E-state index is 13.1. The van der Waals surface area contributed by atoms with Crippen molar-refractivity contribution in [2.75, 3.05) is 32.0 Å². The number of amides is 2. The molecule has 244 valence electrons. The van der Waals surface area contributed by atoms with Crippen molar-refractivity contribution in [3.05, 3.63) is 40.4 Å². The highest BCUT2D eigenvalue weighted by Gasteiger charge is 2.58. The topological polar surface area (TPSA) is 236 Å². The lowest BCUT2D eigenvalue weighted by molar-refractivity contribution is -0.218. The van der Waals surface area contributed by atoms with Crippen LogP contribution in [0.2, 0.25) is 0 Å². The average Bonchev–Trinajstić information content (AvgIpc) is 3.62. The van der Waals surface area contributed by atoms with Gasteiger partial charge in [0.25, 0.3) is 11.8 Å². The molecule has 45 heavy (non-hydrogen) atoms. The number of hydrogen-bond acceptors (Lipinski definition) is 13. The smallest absolute Gasteiger partial charge is 0.418 e. The first-order chi connectivity index (χ1) is 21.3. The number of benzene rings is 1. The number of anilines is 1. The van der Waals surface area contributed by atoms with E-state index in [9.17, 15) is 18.0 Å². The Balaban J connectivity index is 1.15. The summed E-state index contributed by atoms with van der Waals surface area (Å²) in [5.74, 6) is -0.552. The van der Waals surface area contributed by atoms with Gasteiger partial charge < -0.3 is 36.6 Å². The second kappa shape index (κ2) is 13.1. The zero-order valence-corrected chi connectivity index (χ0v) is 26.3. The van der Waals surface area contributed by atoms with E-state index in [0.717, 1.165) is 48.4 Å². The van der Waals surface area contributed by atoms with Crippen LogP contribution in [-0.4, -0.2) is 95.3 Å². The van der Waals surface area contributed by atoms with Crippen LogP contribution in [0.1, 0.15) is 43.5 Å². The van der Waals surface area contributed by atoms with Crippen molar-refractivity contribution in [2.45, 2.75) is 57.4 Å². The molecule has 0 bridgehead atoms. The highest BCUT2D eigenvalue weighted by atomic mass is 32.3. The number of guanidine groups is 1. The lowest BCUT2D eigenvalue weighted by Gasteiger charge is -2.50. The van der Waals surface area contributed by atoms with Gasteiger partial charge in [-0.3, -0.25) is 14.1 Å². The number of hydroxylamine groups is 2. The maximum atomic E-state index is 13.1. The molecule has 3 aliphatic rings. The van der Waals surface area contributed by atoms with Gasteiger partial charge in [-0.15, -0.1) is 15.6 Å². The minimum Gasteiger partial charge on any atom is -0.490 e. The Morgan fingerprint density at radius 2 is 1.98 bits per heavy atom. The van der Waals surface area contributed by atoms with Gasteiger partial charge in [-0.1, -0.05) is 11.2 Å². The van der Waals surface area contributed by atoms with Crippen LogP contribution in [0.3, 0.4) is 0 Å². The minimum absolute atomic E-state index is 0.0285. The molecule has 1 atom stereocenters. The van der Waals surface area contributed by atoms with Gasteiger partial charge in [0, 0.05) is 18.5 Å². The third kappa shape index (κ3) is 7.61. The molecule has 1 aromatic heterocycles. The Morgan fingerprint density at radius 1 is 1.24 bits per heavy atom. The number of fused-ring (bicyclic) bond motifs is 1. The number of thiazole rings is 1. The number of nitrogen functional groups attached to an aromatic ring is 1. The molecule has 2 saturated heterocycles. The summed E-state index contributed by atoms with van der Waals surface area (Å²) in [4.78, 5) is 41.8. The van der Waals surface area contributed by atoms with E-state index in [1.165, 1.54) is 19.2 Å². The molecule has 7 N–H and O–H groups in total. The Morgan fingerprint density at radius 3 is 2.64 bits per heavy atom. The summed E-state index contributed by atoms with van der Waals surface area (Å²) in [5, 5.41) is 11.8. The number of rotatable bonds is 11. The summed E-state index contributed by atoms with van der Waals surface area (Å²) in [6.07, 6.45) is 1.95. The molecule has 4 heterocycles. The summed E-state index contributed by atoms with van der Waals surface area (Å²) in [7, 11) is -4.95. The van der Waals surface area contributed by atoms with E-state index in [-0.39, 0.29) is 35.8 Å². The molecule has 19 heteroatoms. The number of hydrogen-bond donors (Lipinski definition) is 5. The Bertz CT molecular complexity index is 1600. The van der Waals surface area contributed by atoms with Crippen LogP contribution in [0.4, 0.5) is 5.13 Å². The second-order valence-corrected chi connectivity index (χ2v) is 13.0. The maximum Gasteiger partial charge on any atom is 0.418 e. The van der Waals surface area contributed by atoms with E-state index in [4.69, 9.17) is 30.6 Å². The fourth-order valence-electron chi connectivity index (χ4n) is 5.15. The van der Waals surface area contributed by atoms with Crippen molar-refractivity contribution >= 4 is 50.4 Å². The third-order valence-electron chi connectivity index (χ3n) is 7.55. The first-order valence-corrected chi connectivity index (χ1v) is 16.3. The molecule has 0 aliphatic carbocycles. The average molecular weight is 666 g/mol. The molecule has 0 spiro atoms. The van der Waals surface area contributed by atoms with E-state index >= 15 is 0 Å². The van der Waals surface area contributed by atoms with Gasteiger partial charge in [-0.05, 0) is 63.0 Å². The van der Waals surface area contributed by atoms with E-state index in [1.807, 2.05) is 23.1 Å². The number of aliphatic imine (C=N–C) groups is 1. The molecule has 0 saturated carbocycles. The quantitative estimate of drug-likeness (QED) is 0.0520. The van der Waals surface area contributed by atoms with Crippen molar-refractivity contribution in [3.63, 3.8) is 0 Å². The molecular weight excluding hydrogens is 630 g/mol. The number of aromatic nitrogens is 1. The van der Waals surface area contributed by atoms with Crippen molar-refractivity contribution in [1.29, 1.82) is 0 Å². The predicted octanol–water partition coefficient (Wildman–Crippen LogP) is -0.253. The molecule has 5 rings (SSSR count). The number of oxime groups is 1. The third-order valence-corrected chi connectivity index (χ3v) is 8.56. The van der Waals surface area contributed by atoms with Crippen LogP contribution in [0.5, 0.6) is 5.75 Å². The zero-order chi connectivity index (χ0) is 32.4. The highest BCUT2D eigenvalue weighted by molar-refractivity contribution is 7.80. The zero-order valence-electron chi connectivity index (χ0n) is 24.6. The fraction of sp³-hybridized carbons (Fsp3) is 0.500. The normalized spacial score (nSPS) is 20.5. The van der Waals surface area contributed by atoms with Gasteiger partial charge in [0.05, 0.1) is 11.6 Å². The number of β-lactam (4-membered cyclic amide) rings is 1. The number of nitrogens with two attached hydrogens (primary N) is 2. The molecule has 3 aliphatic heterocycles. The second-order valence-electron chi connectivity index (χ2n) is 11.1. The van der Waals surface area contributed by atoms with Crippen molar-refractivity contribution in [1.82, 2.24) is 25.6 Å². The first-order valence-electron chi connectivity index (χ1n) is 14.1. The number of carbonyl (C=O) groups excluding carboxylic acids is 2. The van der Waals surface area contributed by atoms with Crippen LogP contribution in [-0.2, 0) is 42.2 Å². The van der Waals surface area contributed by atoms with Crippen molar-refractivity contribution < 1.29 is 36.4 Å². The molecule has 1 unspecified atom stereocenters. The van der Waals surface area contributed by atoms with Crippen LogP contribution in [0.25, 0.3) is 0 Å². The summed E-state index contributed by atoms with van der Waals surface area (Å²) in [6.45, 7) is 6.14. The molecule has 1 aromatic carbocycles. The lowest BCUT2D eigenvalue weighted by atomic mass is 9.84. The van der Waals surface area contributed by atoms with E-state index in [1.54, 1.807) is 0 Å². The predicted molar refractivity (Wildman–Crippen MR) is 163 cm³/mol. The van der Waals surface area contributed by atoms with Crippen LogP contribution in [0.15, 0.2) is 33.7 Å². The number of piperidine rings is 1.